The molecule has 0 fully saturated rings. The van der Waals surface area contributed by atoms with E-state index < -0.39 is 10.8 Å². The molecule has 1 aromatic heterocycles. The van der Waals surface area contributed by atoms with Gasteiger partial charge in [0, 0.05) is 35.5 Å². The predicted molar refractivity (Wildman–Crippen MR) is 66.0 cm³/mol. The fraction of sp³-hybridized carbons (Fsp3) is 0.400. The summed E-state index contributed by atoms with van der Waals surface area (Å²) in [7, 11) is -0.781. The van der Waals surface area contributed by atoms with Crippen LogP contribution in [0.25, 0.3) is 0 Å². The molecule has 1 unspecified atom stereocenters. The number of rotatable bonds is 5. The molecule has 0 aliphatic heterocycles. The summed E-state index contributed by atoms with van der Waals surface area (Å²) < 4.78 is 10.8. The number of pyridine rings is 1. The number of hydrogen-bond acceptors (Lipinski definition) is 4. The largest absolute Gasteiger partial charge is 0.369 e. The van der Waals surface area contributed by atoms with Gasteiger partial charge in [0.25, 0.3) is 0 Å². The maximum Gasteiger partial charge on any atom is 0.146 e. The summed E-state index contributed by atoms with van der Waals surface area (Å²) in [6.07, 6.45) is 3.98. The molecule has 1 rings (SSSR count). The molecule has 86 valence electrons. The highest BCUT2D eigenvalue weighted by atomic mass is 35.5. The van der Waals surface area contributed by atoms with Gasteiger partial charge in [-0.2, -0.15) is 5.26 Å². The molecule has 0 bridgehead atoms. The van der Waals surface area contributed by atoms with Crippen molar-refractivity contribution in [2.24, 2.45) is 0 Å². The van der Waals surface area contributed by atoms with E-state index >= 15 is 0 Å². The minimum absolute atomic E-state index is 0.336. The van der Waals surface area contributed by atoms with Crippen molar-refractivity contribution < 1.29 is 4.21 Å². The number of nitrogens with one attached hydrogen (secondary N) is 1. The van der Waals surface area contributed by atoms with Gasteiger partial charge in [-0.3, -0.25) is 4.21 Å². The van der Waals surface area contributed by atoms with Crippen LogP contribution in [0.3, 0.4) is 0 Å². The number of hydrogen-bond donors (Lipinski definition) is 1. The van der Waals surface area contributed by atoms with Crippen LogP contribution in [0.2, 0.25) is 5.02 Å². The summed E-state index contributed by atoms with van der Waals surface area (Å²) >= 11 is 5.94. The third-order valence-corrected chi connectivity index (χ3v) is 3.16. The Kier molecular flexibility index (Phi) is 5.23. The first-order chi connectivity index (χ1) is 7.65. The number of halogens is 1. The zero-order chi connectivity index (χ0) is 12.0. The van der Waals surface area contributed by atoms with Crippen LogP contribution in [-0.2, 0) is 10.8 Å². The molecule has 0 aliphatic rings. The molecule has 1 atom stereocenters. The molecule has 0 amide bonds. The molecule has 0 saturated carbocycles. The first-order valence-electron chi connectivity index (χ1n) is 4.73. The minimum Gasteiger partial charge on any atom is -0.369 e. The average molecular weight is 258 g/mol. The van der Waals surface area contributed by atoms with Crippen molar-refractivity contribution in [2.75, 3.05) is 23.9 Å². The molecule has 0 aliphatic carbocycles. The van der Waals surface area contributed by atoms with Gasteiger partial charge in [0.2, 0.25) is 0 Å². The standard InChI is InChI=1S/C10H12ClN3OS/c1-16(15)6-2-4-13-10-9(11)8(7-12)3-5-14-10/h3,5H,2,4,6H2,1H3,(H,13,14). The second-order valence-electron chi connectivity index (χ2n) is 3.19. The zero-order valence-corrected chi connectivity index (χ0v) is 10.4. The lowest BCUT2D eigenvalue weighted by molar-refractivity contribution is 0.685. The van der Waals surface area contributed by atoms with Gasteiger partial charge in [0.15, 0.2) is 0 Å². The van der Waals surface area contributed by atoms with E-state index in [1.165, 1.54) is 6.20 Å². The zero-order valence-electron chi connectivity index (χ0n) is 8.86. The summed E-state index contributed by atoms with van der Waals surface area (Å²) in [5.74, 6) is 1.14. The van der Waals surface area contributed by atoms with E-state index in [1.54, 1.807) is 12.3 Å². The molecule has 1 heterocycles. The van der Waals surface area contributed by atoms with Gasteiger partial charge >= 0.3 is 0 Å². The highest BCUT2D eigenvalue weighted by Crippen LogP contribution is 2.22. The Labute approximate surface area is 102 Å². The van der Waals surface area contributed by atoms with E-state index in [9.17, 15) is 4.21 Å². The fourth-order valence-corrected chi connectivity index (χ4v) is 1.91. The monoisotopic (exact) mass is 257 g/mol. The molecule has 16 heavy (non-hydrogen) atoms. The first-order valence-corrected chi connectivity index (χ1v) is 6.84. The van der Waals surface area contributed by atoms with Crippen molar-refractivity contribution >= 4 is 28.2 Å². The Morgan fingerprint density at radius 3 is 3.06 bits per heavy atom. The van der Waals surface area contributed by atoms with Crippen LogP contribution < -0.4 is 5.32 Å². The Morgan fingerprint density at radius 2 is 2.44 bits per heavy atom. The van der Waals surface area contributed by atoms with Gasteiger partial charge in [-0.15, -0.1) is 0 Å². The second-order valence-corrected chi connectivity index (χ2v) is 5.12. The van der Waals surface area contributed by atoms with E-state index in [0.29, 0.717) is 28.7 Å². The van der Waals surface area contributed by atoms with Crippen LogP contribution in [-0.4, -0.2) is 27.7 Å². The smallest absolute Gasteiger partial charge is 0.146 e. The maximum atomic E-state index is 10.8. The van der Waals surface area contributed by atoms with E-state index in [0.717, 1.165) is 6.42 Å². The van der Waals surface area contributed by atoms with Crippen molar-refractivity contribution in [1.82, 2.24) is 4.98 Å². The topological polar surface area (TPSA) is 65.8 Å². The quantitative estimate of drug-likeness (QED) is 0.817. The molecule has 0 aromatic carbocycles. The molecular formula is C10H12ClN3OS. The van der Waals surface area contributed by atoms with Crippen LogP contribution >= 0.6 is 11.6 Å². The van der Waals surface area contributed by atoms with Gasteiger partial charge in [-0.1, -0.05) is 11.6 Å². The average Bonchev–Trinajstić information content (AvgIpc) is 2.26. The van der Waals surface area contributed by atoms with Crippen molar-refractivity contribution in [2.45, 2.75) is 6.42 Å². The van der Waals surface area contributed by atoms with Crippen molar-refractivity contribution in [3.05, 3.63) is 22.8 Å². The van der Waals surface area contributed by atoms with Crippen molar-refractivity contribution in [3.8, 4) is 6.07 Å². The first kappa shape index (κ1) is 12.9. The van der Waals surface area contributed by atoms with Crippen LogP contribution in [0, 0.1) is 11.3 Å². The van der Waals surface area contributed by atoms with Gasteiger partial charge in [-0.05, 0) is 12.5 Å². The molecule has 0 radical (unpaired) electrons. The van der Waals surface area contributed by atoms with Crippen molar-refractivity contribution in [3.63, 3.8) is 0 Å². The lowest BCUT2D eigenvalue weighted by Crippen LogP contribution is -2.07. The molecular weight excluding hydrogens is 246 g/mol. The van der Waals surface area contributed by atoms with E-state index in [4.69, 9.17) is 16.9 Å². The maximum absolute atomic E-state index is 10.8. The molecule has 6 heteroatoms. The lowest BCUT2D eigenvalue weighted by atomic mass is 10.3. The highest BCUT2D eigenvalue weighted by Gasteiger charge is 2.05. The summed E-state index contributed by atoms with van der Waals surface area (Å²) in [5.41, 5.74) is 0.401. The number of aromatic nitrogens is 1. The predicted octanol–water partition coefficient (Wildman–Crippen LogP) is 1.79. The third-order valence-electron chi connectivity index (χ3n) is 1.91. The number of anilines is 1. The third kappa shape index (κ3) is 3.80. The Bertz CT molecular complexity index is 431. The van der Waals surface area contributed by atoms with E-state index in [-0.39, 0.29) is 0 Å². The number of nitrogens with zero attached hydrogens (tertiary/aromatic N) is 2. The Balaban J connectivity index is 2.55. The van der Waals surface area contributed by atoms with Gasteiger partial charge in [0.05, 0.1) is 5.56 Å². The summed E-state index contributed by atoms with van der Waals surface area (Å²) in [5, 5.41) is 12.1. The van der Waals surface area contributed by atoms with Crippen LogP contribution in [0.4, 0.5) is 5.82 Å². The van der Waals surface area contributed by atoms with E-state index in [2.05, 4.69) is 10.3 Å². The summed E-state index contributed by atoms with van der Waals surface area (Å²) in [6.45, 7) is 0.640. The van der Waals surface area contributed by atoms with Gasteiger partial charge in [0.1, 0.15) is 16.9 Å². The Hall–Kier alpha value is -1.12. The van der Waals surface area contributed by atoms with Crippen LogP contribution in [0.1, 0.15) is 12.0 Å². The van der Waals surface area contributed by atoms with Crippen molar-refractivity contribution in [1.29, 1.82) is 5.26 Å². The number of nitriles is 1. The summed E-state index contributed by atoms with van der Waals surface area (Å²) in [4.78, 5) is 4.03. The van der Waals surface area contributed by atoms with Crippen LogP contribution in [0.15, 0.2) is 12.3 Å². The molecule has 0 spiro atoms. The normalized spacial score (nSPS) is 11.8. The van der Waals surface area contributed by atoms with Gasteiger partial charge < -0.3 is 5.32 Å². The highest BCUT2D eigenvalue weighted by molar-refractivity contribution is 7.84. The minimum atomic E-state index is -0.781. The summed E-state index contributed by atoms with van der Waals surface area (Å²) in [6, 6.07) is 3.55. The molecule has 1 N–H and O–H groups in total. The SMILES string of the molecule is CS(=O)CCCNc1nccc(C#N)c1Cl. The molecule has 1 aromatic rings. The fourth-order valence-electron chi connectivity index (χ4n) is 1.14. The Morgan fingerprint density at radius 1 is 1.69 bits per heavy atom. The van der Waals surface area contributed by atoms with Crippen LogP contribution in [0.5, 0.6) is 0 Å². The second kappa shape index (κ2) is 6.46. The van der Waals surface area contributed by atoms with Gasteiger partial charge in [-0.25, -0.2) is 4.98 Å². The molecule has 0 saturated heterocycles. The lowest BCUT2D eigenvalue weighted by Gasteiger charge is -2.07. The van der Waals surface area contributed by atoms with E-state index in [1.807, 2.05) is 6.07 Å². The molecule has 4 nitrogen and oxygen atoms in total.